The van der Waals surface area contributed by atoms with Gasteiger partial charge in [-0.05, 0) is 62.8 Å². The molecule has 3 aliphatic rings. The Balaban J connectivity index is 1.89. The van der Waals surface area contributed by atoms with E-state index in [9.17, 15) is 9.59 Å². The first-order valence-electron chi connectivity index (χ1n) is 8.86. The van der Waals surface area contributed by atoms with Crippen molar-refractivity contribution in [2.75, 3.05) is 0 Å². The van der Waals surface area contributed by atoms with E-state index in [0.717, 1.165) is 33.4 Å². The largest absolute Gasteiger partial charge is 0.316 e. The summed E-state index contributed by atoms with van der Waals surface area (Å²) < 4.78 is 0.564. The average molecular weight is 418 g/mol. The first-order chi connectivity index (χ1) is 13.0. The number of carbonyl (C=O) groups excluding carboxylic acids is 2. The molecule has 1 unspecified atom stereocenters. The van der Waals surface area contributed by atoms with Gasteiger partial charge in [0, 0.05) is 12.1 Å². The fraction of sp³-hybridized carbons (Fsp3) is 0.130. The van der Waals surface area contributed by atoms with Crippen LogP contribution in [0.25, 0.3) is 11.1 Å². The SMILES string of the molecule is CC1=CC(=O)C=C2c3ccccc3CN3C(=O)C(Br)=C(c4ccccc4)C123. The van der Waals surface area contributed by atoms with E-state index in [1.165, 1.54) is 0 Å². The van der Waals surface area contributed by atoms with Crippen molar-refractivity contribution in [1.82, 2.24) is 4.90 Å². The van der Waals surface area contributed by atoms with Crippen LogP contribution in [0.15, 0.2) is 76.8 Å². The van der Waals surface area contributed by atoms with E-state index in [1.54, 1.807) is 12.2 Å². The maximum absolute atomic E-state index is 13.3. The Morgan fingerprint density at radius 1 is 0.963 bits per heavy atom. The summed E-state index contributed by atoms with van der Waals surface area (Å²) in [6.07, 6.45) is 3.35. The van der Waals surface area contributed by atoms with E-state index in [1.807, 2.05) is 66.4 Å². The van der Waals surface area contributed by atoms with E-state index >= 15 is 0 Å². The maximum Gasteiger partial charge on any atom is 0.262 e. The van der Waals surface area contributed by atoms with Crippen LogP contribution < -0.4 is 0 Å². The second kappa shape index (κ2) is 5.64. The molecular weight excluding hydrogens is 402 g/mol. The quantitative estimate of drug-likeness (QED) is 0.684. The minimum absolute atomic E-state index is 0.0346. The molecule has 0 aromatic heterocycles. The Kier molecular flexibility index (Phi) is 3.43. The normalized spacial score (nSPS) is 23.6. The molecule has 132 valence electrons. The number of amides is 1. The molecular formula is C23H16BrNO2. The molecule has 0 bridgehead atoms. The lowest BCUT2D eigenvalue weighted by Crippen LogP contribution is -2.53. The number of benzene rings is 2. The zero-order chi connectivity index (χ0) is 18.8. The molecule has 0 saturated heterocycles. The highest BCUT2D eigenvalue weighted by molar-refractivity contribution is 9.12. The molecule has 1 aliphatic carbocycles. The average Bonchev–Trinajstić information content (AvgIpc) is 2.90. The zero-order valence-electron chi connectivity index (χ0n) is 14.7. The molecule has 3 nitrogen and oxygen atoms in total. The zero-order valence-corrected chi connectivity index (χ0v) is 16.3. The number of hydrogen-bond acceptors (Lipinski definition) is 2. The van der Waals surface area contributed by atoms with E-state index in [2.05, 4.69) is 15.9 Å². The molecule has 4 heteroatoms. The van der Waals surface area contributed by atoms with Crippen molar-refractivity contribution in [2.24, 2.45) is 0 Å². The van der Waals surface area contributed by atoms with E-state index < -0.39 is 5.54 Å². The predicted octanol–water partition coefficient (Wildman–Crippen LogP) is 4.50. The van der Waals surface area contributed by atoms with E-state index in [4.69, 9.17) is 0 Å². The first kappa shape index (κ1) is 16.5. The Labute approximate surface area is 165 Å². The van der Waals surface area contributed by atoms with Gasteiger partial charge in [-0.3, -0.25) is 9.59 Å². The molecule has 2 heterocycles. The van der Waals surface area contributed by atoms with Crippen LogP contribution in [0.5, 0.6) is 0 Å². The van der Waals surface area contributed by atoms with E-state index in [0.29, 0.717) is 11.0 Å². The van der Waals surface area contributed by atoms with Crippen LogP contribution in [-0.4, -0.2) is 22.1 Å². The Bertz CT molecular complexity index is 1110. The van der Waals surface area contributed by atoms with Gasteiger partial charge in [-0.2, -0.15) is 0 Å². The highest BCUT2D eigenvalue weighted by Gasteiger charge is 2.58. The standard InChI is InChI=1S/C23H16BrNO2/c1-14-11-17(26)12-19-18-10-6-5-9-16(18)13-25-22(27)21(24)20(23(14,19)25)15-7-3-2-4-8-15/h2-12H,13H2,1H3. The summed E-state index contributed by atoms with van der Waals surface area (Å²) in [5.41, 5.74) is 5.00. The summed E-state index contributed by atoms with van der Waals surface area (Å²) in [6.45, 7) is 2.46. The third-order valence-electron chi connectivity index (χ3n) is 5.72. The van der Waals surface area contributed by atoms with Crippen molar-refractivity contribution >= 4 is 38.8 Å². The lowest BCUT2D eigenvalue weighted by molar-refractivity contribution is -0.128. The molecule has 1 amide bonds. The lowest BCUT2D eigenvalue weighted by Gasteiger charge is -2.48. The van der Waals surface area contributed by atoms with Gasteiger partial charge in [0.05, 0.1) is 4.48 Å². The molecule has 2 aromatic rings. The smallest absolute Gasteiger partial charge is 0.262 e. The van der Waals surface area contributed by atoms with Gasteiger partial charge in [0.1, 0.15) is 5.54 Å². The fourth-order valence-corrected chi connectivity index (χ4v) is 5.40. The van der Waals surface area contributed by atoms with Gasteiger partial charge in [0.15, 0.2) is 5.78 Å². The third kappa shape index (κ3) is 2.02. The molecule has 1 atom stereocenters. The summed E-state index contributed by atoms with van der Waals surface area (Å²) in [5.74, 6) is -0.0796. The minimum Gasteiger partial charge on any atom is -0.316 e. The van der Waals surface area contributed by atoms with Crippen molar-refractivity contribution in [1.29, 1.82) is 0 Å². The van der Waals surface area contributed by atoms with Gasteiger partial charge in [-0.1, -0.05) is 54.6 Å². The number of carbonyl (C=O) groups is 2. The van der Waals surface area contributed by atoms with Crippen LogP contribution in [0.2, 0.25) is 0 Å². The van der Waals surface area contributed by atoms with Crippen LogP contribution in [0.1, 0.15) is 23.6 Å². The number of nitrogens with zero attached hydrogens (tertiary/aromatic N) is 1. The van der Waals surface area contributed by atoms with Crippen molar-refractivity contribution in [3.63, 3.8) is 0 Å². The second-order valence-electron chi connectivity index (χ2n) is 7.10. The van der Waals surface area contributed by atoms with Gasteiger partial charge in [0.25, 0.3) is 5.91 Å². The van der Waals surface area contributed by atoms with Crippen LogP contribution in [-0.2, 0) is 16.1 Å². The molecule has 0 saturated carbocycles. The van der Waals surface area contributed by atoms with Gasteiger partial charge in [-0.25, -0.2) is 0 Å². The highest BCUT2D eigenvalue weighted by atomic mass is 79.9. The molecule has 0 fully saturated rings. The van der Waals surface area contributed by atoms with Crippen molar-refractivity contribution in [3.05, 3.63) is 93.5 Å². The summed E-state index contributed by atoms with van der Waals surface area (Å²) >= 11 is 3.59. The Hall–Kier alpha value is -2.72. The highest BCUT2D eigenvalue weighted by Crippen LogP contribution is 2.58. The van der Waals surface area contributed by atoms with Gasteiger partial charge >= 0.3 is 0 Å². The molecule has 27 heavy (non-hydrogen) atoms. The van der Waals surface area contributed by atoms with Crippen LogP contribution in [0.4, 0.5) is 0 Å². The van der Waals surface area contributed by atoms with Crippen LogP contribution in [0, 0.1) is 0 Å². The van der Waals surface area contributed by atoms with Crippen LogP contribution in [0.3, 0.4) is 0 Å². The number of ketones is 1. The molecule has 0 N–H and O–H groups in total. The molecule has 2 aliphatic heterocycles. The minimum atomic E-state index is -0.750. The third-order valence-corrected chi connectivity index (χ3v) is 6.46. The second-order valence-corrected chi connectivity index (χ2v) is 7.89. The van der Waals surface area contributed by atoms with Crippen molar-refractivity contribution in [3.8, 4) is 0 Å². The fourth-order valence-electron chi connectivity index (χ4n) is 4.68. The number of rotatable bonds is 1. The molecule has 0 radical (unpaired) electrons. The monoisotopic (exact) mass is 417 g/mol. The lowest BCUT2D eigenvalue weighted by atomic mass is 9.67. The number of hydrogen-bond donors (Lipinski definition) is 0. The topological polar surface area (TPSA) is 37.4 Å². The number of allylic oxidation sites excluding steroid dienone is 2. The molecule has 5 rings (SSSR count). The summed E-state index contributed by atoms with van der Waals surface area (Å²) in [6, 6.07) is 18.0. The summed E-state index contributed by atoms with van der Waals surface area (Å²) in [4.78, 5) is 27.6. The van der Waals surface area contributed by atoms with Crippen molar-refractivity contribution in [2.45, 2.75) is 19.0 Å². The van der Waals surface area contributed by atoms with Crippen LogP contribution >= 0.6 is 15.9 Å². The van der Waals surface area contributed by atoms with Crippen molar-refractivity contribution < 1.29 is 9.59 Å². The van der Waals surface area contributed by atoms with Gasteiger partial charge in [0.2, 0.25) is 0 Å². The molecule has 2 aromatic carbocycles. The summed E-state index contributed by atoms with van der Waals surface area (Å²) in [5, 5.41) is 0. The number of fused-ring (bicyclic) bond motifs is 2. The first-order valence-corrected chi connectivity index (χ1v) is 9.65. The Morgan fingerprint density at radius 2 is 1.67 bits per heavy atom. The summed E-state index contributed by atoms with van der Waals surface area (Å²) in [7, 11) is 0. The van der Waals surface area contributed by atoms with Gasteiger partial charge < -0.3 is 4.90 Å². The predicted molar refractivity (Wildman–Crippen MR) is 109 cm³/mol. The number of halogens is 1. The Morgan fingerprint density at radius 3 is 2.44 bits per heavy atom. The molecule has 1 spiro atoms. The maximum atomic E-state index is 13.3. The van der Waals surface area contributed by atoms with Gasteiger partial charge in [-0.15, -0.1) is 0 Å². The van der Waals surface area contributed by atoms with E-state index in [-0.39, 0.29) is 11.7 Å².